The minimum atomic E-state index is 0.681. The predicted molar refractivity (Wildman–Crippen MR) is 73.9 cm³/mol. The van der Waals surface area contributed by atoms with Gasteiger partial charge in [-0.05, 0) is 17.7 Å². The van der Waals surface area contributed by atoms with Crippen LogP contribution >= 0.6 is 0 Å². The van der Waals surface area contributed by atoms with E-state index in [0.29, 0.717) is 6.67 Å². The Morgan fingerprint density at radius 2 is 1.72 bits per heavy atom. The molecular formula is C16H14N2. The molecule has 1 aliphatic rings. The Labute approximate surface area is 106 Å². The zero-order valence-electron chi connectivity index (χ0n) is 10.0. The van der Waals surface area contributed by atoms with Crippen molar-refractivity contribution in [2.75, 3.05) is 6.67 Å². The highest BCUT2D eigenvalue weighted by Gasteiger charge is 1.99. The lowest BCUT2D eigenvalue weighted by atomic mass is 10.2. The lowest BCUT2D eigenvalue weighted by Crippen LogP contribution is -2.33. The molecule has 0 N–H and O–H groups in total. The lowest BCUT2D eigenvalue weighted by molar-refractivity contribution is 0.551. The molecule has 3 rings (SSSR count). The molecule has 2 nitrogen and oxygen atoms in total. The molecule has 0 radical (unpaired) electrons. The highest BCUT2D eigenvalue weighted by molar-refractivity contribution is 5.49. The van der Waals surface area contributed by atoms with Crippen LogP contribution in [-0.2, 0) is 0 Å². The maximum atomic E-state index is 4.53. The van der Waals surface area contributed by atoms with E-state index in [9.17, 15) is 0 Å². The fraction of sp³-hybridized carbons (Fsp3) is 0.0625. The molecule has 1 aliphatic heterocycles. The largest absolute Gasteiger partial charge is 0.334 e. The molecule has 0 aliphatic carbocycles. The first-order valence-electron chi connectivity index (χ1n) is 6.02. The normalized spacial score (nSPS) is 13.9. The van der Waals surface area contributed by atoms with Crippen LogP contribution in [0.3, 0.4) is 0 Å². The molecule has 0 spiro atoms. The van der Waals surface area contributed by atoms with Gasteiger partial charge in [0.1, 0.15) is 6.67 Å². The van der Waals surface area contributed by atoms with E-state index >= 15 is 0 Å². The number of para-hydroxylation sites is 1. The molecule has 0 bridgehead atoms. The van der Waals surface area contributed by atoms with E-state index in [1.54, 1.807) is 0 Å². The van der Waals surface area contributed by atoms with Gasteiger partial charge in [0.05, 0.1) is 5.36 Å². The third-order valence-electron chi connectivity index (χ3n) is 2.90. The average molecular weight is 234 g/mol. The van der Waals surface area contributed by atoms with E-state index < -0.39 is 0 Å². The Balaban J connectivity index is 1.85. The van der Waals surface area contributed by atoms with Crippen LogP contribution in [0.4, 0.5) is 0 Å². The average Bonchev–Trinajstić information content (AvgIpc) is 2.46. The molecule has 0 saturated heterocycles. The van der Waals surface area contributed by atoms with Crippen LogP contribution in [0, 0.1) is 0 Å². The van der Waals surface area contributed by atoms with Gasteiger partial charge in [-0.15, -0.1) is 0 Å². The van der Waals surface area contributed by atoms with Crippen molar-refractivity contribution in [1.82, 2.24) is 4.90 Å². The van der Waals surface area contributed by atoms with Crippen LogP contribution in [0.15, 0.2) is 65.8 Å². The van der Waals surface area contributed by atoms with Gasteiger partial charge in [0.2, 0.25) is 0 Å². The van der Waals surface area contributed by atoms with Crippen LogP contribution < -0.4 is 10.6 Å². The van der Waals surface area contributed by atoms with E-state index in [1.165, 1.54) is 10.8 Å². The second-order valence-corrected chi connectivity index (χ2v) is 4.23. The summed E-state index contributed by atoms with van der Waals surface area (Å²) in [6, 6.07) is 18.5. The molecule has 2 aromatic rings. The predicted octanol–water partition coefficient (Wildman–Crippen LogP) is 1.99. The maximum Gasteiger partial charge on any atom is 0.114 e. The quantitative estimate of drug-likeness (QED) is 0.776. The zero-order chi connectivity index (χ0) is 12.2. The smallest absolute Gasteiger partial charge is 0.114 e. The van der Waals surface area contributed by atoms with E-state index in [2.05, 4.69) is 46.6 Å². The monoisotopic (exact) mass is 234 g/mol. The Hall–Kier alpha value is -2.35. The molecule has 0 saturated carbocycles. The Morgan fingerprint density at radius 3 is 2.61 bits per heavy atom. The molecule has 2 heteroatoms. The first kappa shape index (κ1) is 10.8. The van der Waals surface area contributed by atoms with Gasteiger partial charge in [-0.25, -0.2) is 0 Å². The second kappa shape index (κ2) is 4.88. The summed E-state index contributed by atoms with van der Waals surface area (Å²) in [5.74, 6) is 0. The number of nitrogens with zero attached hydrogens (tertiary/aromatic N) is 2. The summed E-state index contributed by atoms with van der Waals surface area (Å²) in [4.78, 5) is 6.62. The summed E-state index contributed by atoms with van der Waals surface area (Å²) in [6.45, 7) is 0.681. The molecule has 0 amide bonds. The highest BCUT2D eigenvalue weighted by atomic mass is 15.2. The third kappa shape index (κ3) is 2.33. The zero-order valence-corrected chi connectivity index (χ0v) is 10.0. The van der Waals surface area contributed by atoms with Crippen molar-refractivity contribution in [2.45, 2.75) is 0 Å². The van der Waals surface area contributed by atoms with Crippen molar-refractivity contribution in [3.8, 4) is 0 Å². The van der Waals surface area contributed by atoms with Gasteiger partial charge >= 0.3 is 0 Å². The number of fused-ring (bicyclic) bond motifs is 1. The summed E-state index contributed by atoms with van der Waals surface area (Å²) in [6.07, 6.45) is 6.29. The third-order valence-corrected chi connectivity index (χ3v) is 2.90. The highest BCUT2D eigenvalue weighted by Crippen LogP contribution is 2.03. The minimum Gasteiger partial charge on any atom is -0.334 e. The standard InChI is InChI=1S/C16H14N2/c1-2-6-14(7-3-1)10-11-18-12-15-8-4-5-9-16(15)17-13-18/h1-12H,13H2. The maximum absolute atomic E-state index is 4.53. The van der Waals surface area contributed by atoms with Crippen molar-refractivity contribution in [1.29, 1.82) is 0 Å². The number of rotatable bonds is 2. The fourth-order valence-electron chi connectivity index (χ4n) is 1.95. The van der Waals surface area contributed by atoms with Gasteiger partial charge in [0.15, 0.2) is 0 Å². The molecule has 1 heterocycles. The van der Waals surface area contributed by atoms with E-state index in [1.807, 2.05) is 36.4 Å². The Morgan fingerprint density at radius 1 is 0.944 bits per heavy atom. The van der Waals surface area contributed by atoms with Gasteiger partial charge in [0.25, 0.3) is 0 Å². The van der Waals surface area contributed by atoms with Crippen LogP contribution in [0.1, 0.15) is 5.56 Å². The molecular weight excluding hydrogens is 220 g/mol. The van der Waals surface area contributed by atoms with Crippen LogP contribution in [-0.4, -0.2) is 11.6 Å². The topological polar surface area (TPSA) is 15.6 Å². The van der Waals surface area contributed by atoms with Crippen molar-refractivity contribution in [3.63, 3.8) is 0 Å². The van der Waals surface area contributed by atoms with E-state index in [0.717, 1.165) is 5.36 Å². The van der Waals surface area contributed by atoms with Crippen molar-refractivity contribution < 1.29 is 0 Å². The molecule has 0 fully saturated rings. The summed E-state index contributed by atoms with van der Waals surface area (Å²) >= 11 is 0. The van der Waals surface area contributed by atoms with E-state index in [4.69, 9.17) is 0 Å². The Kier molecular flexibility index (Phi) is 2.92. The van der Waals surface area contributed by atoms with Gasteiger partial charge in [-0.2, -0.15) is 0 Å². The van der Waals surface area contributed by atoms with Gasteiger partial charge < -0.3 is 4.90 Å². The van der Waals surface area contributed by atoms with Crippen molar-refractivity contribution >= 4 is 12.3 Å². The number of benzene rings is 2. The van der Waals surface area contributed by atoms with Crippen LogP contribution in [0.25, 0.3) is 12.3 Å². The van der Waals surface area contributed by atoms with Gasteiger partial charge in [0, 0.05) is 17.6 Å². The summed E-state index contributed by atoms with van der Waals surface area (Å²) in [5, 5.41) is 2.24. The lowest BCUT2D eigenvalue weighted by Gasteiger charge is -2.15. The van der Waals surface area contributed by atoms with Gasteiger partial charge in [-0.1, -0.05) is 48.5 Å². The summed E-state index contributed by atoms with van der Waals surface area (Å²) < 4.78 is 0. The molecule has 0 unspecified atom stereocenters. The molecule has 0 aromatic heterocycles. The number of hydrogen-bond donors (Lipinski definition) is 0. The van der Waals surface area contributed by atoms with E-state index in [-0.39, 0.29) is 0 Å². The van der Waals surface area contributed by atoms with Crippen LogP contribution in [0.5, 0.6) is 0 Å². The van der Waals surface area contributed by atoms with Crippen molar-refractivity contribution in [2.24, 2.45) is 4.99 Å². The molecule has 2 aromatic carbocycles. The molecule has 18 heavy (non-hydrogen) atoms. The van der Waals surface area contributed by atoms with Gasteiger partial charge in [-0.3, -0.25) is 4.99 Å². The summed E-state index contributed by atoms with van der Waals surface area (Å²) in [7, 11) is 0. The van der Waals surface area contributed by atoms with Crippen LogP contribution in [0.2, 0.25) is 0 Å². The Bertz CT molecular complexity index is 672. The first-order chi connectivity index (χ1) is 8.92. The molecule has 0 atom stereocenters. The SMILES string of the molecule is C(=CN1C=c2ccccc2=NC1)c1ccccc1. The minimum absolute atomic E-state index is 0.681. The number of hydrogen-bond acceptors (Lipinski definition) is 2. The first-order valence-corrected chi connectivity index (χ1v) is 6.02. The molecule has 88 valence electrons. The van der Waals surface area contributed by atoms with Crippen molar-refractivity contribution in [3.05, 3.63) is 76.9 Å². The second-order valence-electron chi connectivity index (χ2n) is 4.23. The summed E-state index contributed by atoms with van der Waals surface area (Å²) in [5.41, 5.74) is 1.20. The fourth-order valence-corrected chi connectivity index (χ4v) is 1.95.